The van der Waals surface area contributed by atoms with Gasteiger partial charge in [-0.05, 0) is 42.5 Å². The Morgan fingerprint density at radius 2 is 1.57 bits per heavy atom. The number of halogens is 2. The number of carbonyl (C=O) groups is 2. The number of hydrazone groups is 1. The van der Waals surface area contributed by atoms with Gasteiger partial charge in [-0.3, -0.25) is 9.59 Å². The van der Waals surface area contributed by atoms with Gasteiger partial charge < -0.3 is 5.32 Å². The van der Waals surface area contributed by atoms with Crippen LogP contribution in [0.1, 0.15) is 26.3 Å². The average molecular weight is 440 g/mol. The lowest BCUT2D eigenvalue weighted by atomic mass is 10.1. The number of rotatable bonds is 5. The summed E-state index contributed by atoms with van der Waals surface area (Å²) in [5.41, 5.74) is 4.11. The van der Waals surface area contributed by atoms with E-state index in [0.29, 0.717) is 5.69 Å². The van der Waals surface area contributed by atoms with Crippen LogP contribution >= 0.6 is 15.9 Å². The van der Waals surface area contributed by atoms with Crippen molar-refractivity contribution in [3.8, 4) is 0 Å². The third-order valence-corrected chi connectivity index (χ3v) is 4.52. The highest BCUT2D eigenvalue weighted by molar-refractivity contribution is 9.10. The van der Waals surface area contributed by atoms with Gasteiger partial charge in [0.1, 0.15) is 5.82 Å². The highest BCUT2D eigenvalue weighted by Gasteiger charge is 2.13. The van der Waals surface area contributed by atoms with Gasteiger partial charge in [-0.1, -0.05) is 46.3 Å². The zero-order chi connectivity index (χ0) is 19.9. The number of amides is 2. The van der Waals surface area contributed by atoms with Crippen LogP contribution in [0.25, 0.3) is 0 Å². The topological polar surface area (TPSA) is 70.6 Å². The van der Waals surface area contributed by atoms with Crippen molar-refractivity contribution < 1.29 is 14.0 Å². The van der Waals surface area contributed by atoms with Crippen molar-refractivity contribution in [1.29, 1.82) is 0 Å². The first-order valence-electron chi connectivity index (χ1n) is 8.28. The monoisotopic (exact) mass is 439 g/mol. The average Bonchev–Trinajstić information content (AvgIpc) is 2.70. The Morgan fingerprint density at radius 1 is 0.893 bits per heavy atom. The van der Waals surface area contributed by atoms with Crippen molar-refractivity contribution in [2.45, 2.75) is 0 Å². The third kappa shape index (κ3) is 4.89. The first-order valence-corrected chi connectivity index (χ1v) is 9.08. The summed E-state index contributed by atoms with van der Waals surface area (Å²) in [5, 5.41) is 6.62. The zero-order valence-corrected chi connectivity index (χ0v) is 16.1. The normalized spacial score (nSPS) is 10.6. The molecule has 28 heavy (non-hydrogen) atoms. The number of benzene rings is 3. The Labute approximate surface area is 169 Å². The van der Waals surface area contributed by atoms with Gasteiger partial charge in [0, 0.05) is 15.6 Å². The maximum absolute atomic E-state index is 13.0. The molecule has 5 nitrogen and oxygen atoms in total. The minimum atomic E-state index is -0.474. The van der Waals surface area contributed by atoms with Crippen LogP contribution in [-0.2, 0) is 0 Å². The van der Waals surface area contributed by atoms with Crippen LogP contribution in [0.4, 0.5) is 10.1 Å². The molecule has 0 unspecified atom stereocenters. The van der Waals surface area contributed by atoms with Crippen LogP contribution < -0.4 is 10.7 Å². The SMILES string of the molecule is O=C(Nc1ccccc1C(=O)N/N=C\c1ccccc1Br)c1ccc(F)cc1. The summed E-state index contributed by atoms with van der Waals surface area (Å²) in [6.45, 7) is 0. The van der Waals surface area contributed by atoms with E-state index in [1.54, 1.807) is 24.3 Å². The van der Waals surface area contributed by atoms with Crippen LogP contribution in [0.2, 0.25) is 0 Å². The summed E-state index contributed by atoms with van der Waals surface area (Å²) in [7, 11) is 0. The second kappa shape index (κ2) is 9.05. The molecule has 0 aliphatic rings. The molecule has 0 bridgehead atoms. The molecule has 2 amide bonds. The maximum atomic E-state index is 13.0. The van der Waals surface area contributed by atoms with Crippen molar-refractivity contribution in [2.75, 3.05) is 5.32 Å². The lowest BCUT2D eigenvalue weighted by molar-refractivity contribution is 0.0956. The largest absolute Gasteiger partial charge is 0.321 e. The molecule has 3 aromatic rings. The van der Waals surface area contributed by atoms with Gasteiger partial charge in [0.25, 0.3) is 11.8 Å². The second-order valence-electron chi connectivity index (χ2n) is 5.73. The Morgan fingerprint density at radius 3 is 2.32 bits per heavy atom. The van der Waals surface area contributed by atoms with Crippen LogP contribution in [0.15, 0.2) is 82.4 Å². The predicted octanol–water partition coefficient (Wildman–Crippen LogP) is 4.60. The van der Waals surface area contributed by atoms with Gasteiger partial charge in [0.2, 0.25) is 0 Å². The summed E-state index contributed by atoms with van der Waals surface area (Å²) < 4.78 is 13.9. The van der Waals surface area contributed by atoms with Crippen molar-refractivity contribution in [3.63, 3.8) is 0 Å². The van der Waals surface area contributed by atoms with E-state index in [1.165, 1.54) is 30.5 Å². The fraction of sp³-hybridized carbons (Fsp3) is 0. The van der Waals surface area contributed by atoms with Crippen LogP contribution in [0.5, 0.6) is 0 Å². The highest BCUT2D eigenvalue weighted by Crippen LogP contribution is 2.17. The number of hydrogen-bond acceptors (Lipinski definition) is 3. The van der Waals surface area contributed by atoms with E-state index in [2.05, 4.69) is 31.8 Å². The van der Waals surface area contributed by atoms with E-state index in [-0.39, 0.29) is 11.1 Å². The lowest BCUT2D eigenvalue weighted by Gasteiger charge is -2.10. The Bertz CT molecular complexity index is 1040. The first-order chi connectivity index (χ1) is 13.5. The molecule has 2 N–H and O–H groups in total. The van der Waals surface area contributed by atoms with E-state index in [9.17, 15) is 14.0 Å². The summed E-state index contributed by atoms with van der Waals surface area (Å²) in [4.78, 5) is 24.8. The Kier molecular flexibility index (Phi) is 6.29. The number of hydrogen-bond donors (Lipinski definition) is 2. The molecule has 0 aromatic heterocycles. The van der Waals surface area contributed by atoms with Crippen LogP contribution in [0.3, 0.4) is 0 Å². The van der Waals surface area contributed by atoms with Crippen molar-refractivity contribution in [2.24, 2.45) is 5.10 Å². The molecule has 0 saturated heterocycles. The number of carbonyl (C=O) groups excluding carboxylic acids is 2. The lowest BCUT2D eigenvalue weighted by Crippen LogP contribution is -2.21. The quantitative estimate of drug-likeness (QED) is 0.450. The standard InChI is InChI=1S/C21H15BrFN3O2/c22-18-7-3-1-5-15(18)13-24-26-21(28)17-6-2-4-8-19(17)25-20(27)14-9-11-16(23)12-10-14/h1-13H,(H,25,27)(H,26,28)/b24-13-. The third-order valence-electron chi connectivity index (χ3n) is 3.80. The van der Waals surface area contributed by atoms with Gasteiger partial charge in [0.05, 0.1) is 17.5 Å². The molecule has 0 radical (unpaired) electrons. The van der Waals surface area contributed by atoms with Gasteiger partial charge in [-0.15, -0.1) is 0 Å². The zero-order valence-electron chi connectivity index (χ0n) is 14.5. The fourth-order valence-corrected chi connectivity index (χ4v) is 2.77. The molecule has 0 heterocycles. The van der Waals surface area contributed by atoms with Crippen LogP contribution in [0, 0.1) is 5.82 Å². The van der Waals surface area contributed by atoms with Gasteiger partial charge in [-0.25, -0.2) is 9.82 Å². The van der Waals surface area contributed by atoms with Crippen molar-refractivity contribution >= 4 is 39.6 Å². The molecule has 3 rings (SSSR count). The molecule has 7 heteroatoms. The highest BCUT2D eigenvalue weighted by atomic mass is 79.9. The van der Waals surface area contributed by atoms with E-state index in [0.717, 1.165) is 10.0 Å². The molecular weight excluding hydrogens is 425 g/mol. The maximum Gasteiger partial charge on any atom is 0.273 e. The van der Waals surface area contributed by atoms with Gasteiger partial charge in [0.15, 0.2) is 0 Å². The fourth-order valence-electron chi connectivity index (χ4n) is 2.39. The van der Waals surface area contributed by atoms with Crippen molar-refractivity contribution in [1.82, 2.24) is 5.43 Å². The Balaban J connectivity index is 1.72. The molecule has 0 fully saturated rings. The minimum Gasteiger partial charge on any atom is -0.321 e. The van der Waals surface area contributed by atoms with E-state index in [1.807, 2.05) is 24.3 Å². The van der Waals surface area contributed by atoms with E-state index >= 15 is 0 Å². The molecule has 140 valence electrons. The van der Waals surface area contributed by atoms with Crippen LogP contribution in [-0.4, -0.2) is 18.0 Å². The van der Waals surface area contributed by atoms with Crippen molar-refractivity contribution in [3.05, 3.63) is 99.8 Å². The molecule has 0 saturated carbocycles. The number of nitrogens with one attached hydrogen (secondary N) is 2. The first kappa shape index (κ1) is 19.4. The van der Waals surface area contributed by atoms with E-state index < -0.39 is 17.6 Å². The van der Waals surface area contributed by atoms with Gasteiger partial charge in [-0.2, -0.15) is 5.10 Å². The molecule has 3 aromatic carbocycles. The number of nitrogens with zero attached hydrogens (tertiary/aromatic N) is 1. The predicted molar refractivity (Wildman–Crippen MR) is 110 cm³/mol. The summed E-state index contributed by atoms with van der Waals surface area (Å²) in [6, 6.07) is 19.1. The molecule has 0 aliphatic heterocycles. The molecule has 0 spiro atoms. The number of para-hydroxylation sites is 1. The smallest absolute Gasteiger partial charge is 0.273 e. The Hall–Kier alpha value is -3.32. The summed E-state index contributed by atoms with van der Waals surface area (Å²) >= 11 is 3.40. The van der Waals surface area contributed by atoms with Gasteiger partial charge >= 0.3 is 0 Å². The number of anilines is 1. The minimum absolute atomic E-state index is 0.252. The summed E-state index contributed by atoms with van der Waals surface area (Å²) in [6.07, 6.45) is 1.52. The molecule has 0 aliphatic carbocycles. The molecule has 0 atom stereocenters. The molecular formula is C21H15BrFN3O2. The van der Waals surface area contributed by atoms with E-state index in [4.69, 9.17) is 0 Å². The summed E-state index contributed by atoms with van der Waals surface area (Å²) in [5.74, 6) is -1.35. The second-order valence-corrected chi connectivity index (χ2v) is 6.58.